The van der Waals surface area contributed by atoms with Gasteiger partial charge in [-0.25, -0.2) is 0 Å². The molecule has 0 saturated carbocycles. The Labute approximate surface area is 120 Å². The first-order chi connectivity index (χ1) is 9.63. The zero-order valence-corrected chi connectivity index (χ0v) is 11.3. The van der Waals surface area contributed by atoms with Crippen LogP contribution in [0.2, 0.25) is 5.02 Å². The summed E-state index contributed by atoms with van der Waals surface area (Å²) in [5, 5.41) is 3.72. The summed E-state index contributed by atoms with van der Waals surface area (Å²) in [6, 6.07) is 7.03. The summed E-state index contributed by atoms with van der Waals surface area (Å²) in [5.74, 6) is -1.05. The first kappa shape index (κ1) is 15.8. The standard InChI is InChI=1S/C13H12ClN3O3/c14-12-4-2-1-3-10(12)5-6-11(18)9-13(19)20-8-7-16-17-15/h1-6H,7-9H2. The van der Waals surface area contributed by atoms with Crippen molar-refractivity contribution in [3.05, 3.63) is 51.4 Å². The van der Waals surface area contributed by atoms with Crippen molar-refractivity contribution in [1.29, 1.82) is 0 Å². The molecule has 0 bridgehead atoms. The fourth-order valence-electron chi connectivity index (χ4n) is 1.29. The smallest absolute Gasteiger partial charge is 0.313 e. The zero-order valence-electron chi connectivity index (χ0n) is 10.5. The first-order valence-electron chi connectivity index (χ1n) is 5.75. The van der Waals surface area contributed by atoms with Crippen LogP contribution >= 0.6 is 11.6 Å². The molecule has 0 aliphatic carbocycles. The molecule has 20 heavy (non-hydrogen) atoms. The lowest BCUT2D eigenvalue weighted by molar-refractivity contribution is -0.145. The molecule has 0 amide bonds. The summed E-state index contributed by atoms with van der Waals surface area (Å²) >= 11 is 5.92. The molecule has 0 aromatic heterocycles. The van der Waals surface area contributed by atoms with Gasteiger partial charge in [0, 0.05) is 9.93 Å². The highest BCUT2D eigenvalue weighted by atomic mass is 35.5. The largest absolute Gasteiger partial charge is 0.465 e. The second kappa shape index (κ2) is 8.74. The topological polar surface area (TPSA) is 92.1 Å². The van der Waals surface area contributed by atoms with E-state index in [0.29, 0.717) is 10.6 Å². The van der Waals surface area contributed by atoms with Crippen LogP contribution in [0.1, 0.15) is 12.0 Å². The lowest BCUT2D eigenvalue weighted by atomic mass is 10.2. The van der Waals surface area contributed by atoms with Gasteiger partial charge in [-0.2, -0.15) is 0 Å². The predicted octanol–water partition coefficient (Wildman–Crippen LogP) is 3.17. The molecular weight excluding hydrogens is 282 g/mol. The number of hydrogen-bond donors (Lipinski definition) is 0. The number of nitrogens with zero attached hydrogens (tertiary/aromatic N) is 3. The Morgan fingerprint density at radius 1 is 1.40 bits per heavy atom. The maximum atomic E-state index is 11.5. The number of ether oxygens (including phenoxy) is 1. The zero-order chi connectivity index (χ0) is 14.8. The van der Waals surface area contributed by atoms with E-state index in [4.69, 9.17) is 21.9 Å². The monoisotopic (exact) mass is 293 g/mol. The van der Waals surface area contributed by atoms with Crippen LogP contribution in [0.15, 0.2) is 35.5 Å². The molecule has 7 heteroatoms. The van der Waals surface area contributed by atoms with Crippen molar-refractivity contribution >= 4 is 29.4 Å². The van der Waals surface area contributed by atoms with Gasteiger partial charge < -0.3 is 4.74 Å². The molecule has 0 spiro atoms. The minimum atomic E-state index is -0.660. The molecule has 0 radical (unpaired) electrons. The number of rotatable bonds is 7. The molecule has 6 nitrogen and oxygen atoms in total. The van der Waals surface area contributed by atoms with Gasteiger partial charge in [0.05, 0.1) is 13.2 Å². The third-order valence-corrected chi connectivity index (χ3v) is 2.53. The van der Waals surface area contributed by atoms with Gasteiger partial charge in [-0.1, -0.05) is 34.9 Å². The lowest BCUT2D eigenvalue weighted by Gasteiger charge is -2.00. The van der Waals surface area contributed by atoms with Gasteiger partial charge in [0.1, 0.15) is 6.42 Å². The Morgan fingerprint density at radius 2 is 2.15 bits per heavy atom. The van der Waals surface area contributed by atoms with Gasteiger partial charge in [-0.15, -0.1) is 0 Å². The quantitative estimate of drug-likeness (QED) is 0.147. The number of allylic oxidation sites excluding steroid dienone is 1. The van der Waals surface area contributed by atoms with E-state index in [2.05, 4.69) is 10.0 Å². The van der Waals surface area contributed by atoms with Gasteiger partial charge in [-0.3, -0.25) is 9.59 Å². The molecule has 0 aliphatic rings. The summed E-state index contributed by atoms with van der Waals surface area (Å²) in [6.07, 6.45) is 2.45. The van der Waals surface area contributed by atoms with Crippen molar-refractivity contribution < 1.29 is 14.3 Å². The van der Waals surface area contributed by atoms with Gasteiger partial charge >= 0.3 is 5.97 Å². The molecule has 0 fully saturated rings. The number of carbonyl (C=O) groups is 2. The molecule has 0 heterocycles. The lowest BCUT2D eigenvalue weighted by Crippen LogP contribution is -2.11. The Morgan fingerprint density at radius 3 is 2.85 bits per heavy atom. The average Bonchev–Trinajstić information content (AvgIpc) is 2.43. The summed E-state index contributed by atoms with van der Waals surface area (Å²) in [5.41, 5.74) is 8.72. The Kier molecular flexibility index (Phi) is 6.89. The molecule has 1 aromatic carbocycles. The second-order valence-electron chi connectivity index (χ2n) is 3.67. The van der Waals surface area contributed by atoms with Crippen molar-refractivity contribution in [3.63, 3.8) is 0 Å². The number of esters is 1. The summed E-state index contributed by atoms with van der Waals surface area (Å²) in [4.78, 5) is 25.3. The molecule has 0 N–H and O–H groups in total. The van der Waals surface area contributed by atoms with Crippen LogP contribution < -0.4 is 0 Å². The highest BCUT2D eigenvalue weighted by Gasteiger charge is 2.07. The number of azide groups is 1. The molecule has 1 rings (SSSR count). The van der Waals surface area contributed by atoms with E-state index in [-0.39, 0.29) is 19.6 Å². The Bertz CT molecular complexity index is 566. The van der Waals surface area contributed by atoms with E-state index < -0.39 is 11.8 Å². The van der Waals surface area contributed by atoms with Crippen molar-refractivity contribution in [2.24, 2.45) is 5.11 Å². The highest BCUT2D eigenvalue weighted by Crippen LogP contribution is 2.16. The minimum Gasteiger partial charge on any atom is -0.465 e. The maximum absolute atomic E-state index is 11.5. The van der Waals surface area contributed by atoms with Crippen LogP contribution in [0, 0.1) is 0 Å². The molecule has 0 atom stereocenters. The van der Waals surface area contributed by atoms with E-state index in [1.165, 1.54) is 12.2 Å². The SMILES string of the molecule is [N-]=[N+]=NCCOC(=O)CC(=O)C=Cc1ccccc1Cl. The van der Waals surface area contributed by atoms with Gasteiger partial charge in [0.25, 0.3) is 0 Å². The van der Waals surface area contributed by atoms with Crippen molar-refractivity contribution in [2.45, 2.75) is 6.42 Å². The summed E-state index contributed by atoms with van der Waals surface area (Å²) in [6.45, 7) is 0.0102. The van der Waals surface area contributed by atoms with Gasteiger partial charge in [0.15, 0.2) is 5.78 Å². The average molecular weight is 294 g/mol. The minimum absolute atomic E-state index is 0.0373. The summed E-state index contributed by atoms with van der Waals surface area (Å²) < 4.78 is 4.71. The van der Waals surface area contributed by atoms with Crippen LogP contribution in [0.4, 0.5) is 0 Å². The third kappa shape index (κ3) is 6.04. The summed E-state index contributed by atoms with van der Waals surface area (Å²) in [7, 11) is 0. The normalized spacial score (nSPS) is 10.1. The van der Waals surface area contributed by atoms with Crippen molar-refractivity contribution in [3.8, 4) is 0 Å². The van der Waals surface area contributed by atoms with Crippen molar-refractivity contribution in [2.75, 3.05) is 13.2 Å². The van der Waals surface area contributed by atoms with Crippen LogP contribution in [-0.2, 0) is 14.3 Å². The fourth-order valence-corrected chi connectivity index (χ4v) is 1.49. The van der Waals surface area contributed by atoms with E-state index in [1.807, 2.05) is 0 Å². The molecule has 104 valence electrons. The van der Waals surface area contributed by atoms with E-state index in [1.54, 1.807) is 24.3 Å². The Hall–Kier alpha value is -2.30. The molecule has 1 aromatic rings. The van der Waals surface area contributed by atoms with Crippen LogP contribution in [-0.4, -0.2) is 24.9 Å². The molecule has 0 aliphatic heterocycles. The van der Waals surface area contributed by atoms with Crippen LogP contribution in [0.5, 0.6) is 0 Å². The number of benzene rings is 1. The number of ketones is 1. The molecular formula is C13H12ClN3O3. The molecule has 0 saturated heterocycles. The molecule has 0 unspecified atom stereocenters. The Balaban J connectivity index is 2.41. The van der Waals surface area contributed by atoms with Crippen LogP contribution in [0.3, 0.4) is 0 Å². The van der Waals surface area contributed by atoms with Gasteiger partial charge in [-0.05, 0) is 29.3 Å². The number of hydrogen-bond acceptors (Lipinski definition) is 4. The van der Waals surface area contributed by atoms with Gasteiger partial charge in [0.2, 0.25) is 0 Å². The van der Waals surface area contributed by atoms with Crippen molar-refractivity contribution in [1.82, 2.24) is 0 Å². The fraction of sp³-hybridized carbons (Fsp3) is 0.231. The second-order valence-corrected chi connectivity index (χ2v) is 4.08. The number of carbonyl (C=O) groups excluding carboxylic acids is 2. The van der Waals surface area contributed by atoms with Crippen LogP contribution in [0.25, 0.3) is 16.5 Å². The first-order valence-corrected chi connectivity index (χ1v) is 6.13. The third-order valence-electron chi connectivity index (χ3n) is 2.19. The highest BCUT2D eigenvalue weighted by molar-refractivity contribution is 6.32. The van der Waals surface area contributed by atoms with E-state index in [9.17, 15) is 9.59 Å². The number of halogens is 1. The van der Waals surface area contributed by atoms with E-state index in [0.717, 1.165) is 0 Å². The predicted molar refractivity (Wildman–Crippen MR) is 75.1 cm³/mol. The maximum Gasteiger partial charge on any atom is 0.313 e. The van der Waals surface area contributed by atoms with E-state index >= 15 is 0 Å².